The van der Waals surface area contributed by atoms with Crippen molar-refractivity contribution in [1.29, 1.82) is 0 Å². The maximum atomic E-state index is 13.2. The van der Waals surface area contributed by atoms with Gasteiger partial charge >= 0.3 is 0 Å². The molecule has 29 heavy (non-hydrogen) atoms. The van der Waals surface area contributed by atoms with Crippen LogP contribution in [0.4, 0.5) is 5.82 Å². The van der Waals surface area contributed by atoms with Gasteiger partial charge in [-0.3, -0.25) is 9.78 Å². The van der Waals surface area contributed by atoms with Crippen LogP contribution in [0.2, 0.25) is 0 Å². The van der Waals surface area contributed by atoms with Gasteiger partial charge in [-0.15, -0.1) is 0 Å². The summed E-state index contributed by atoms with van der Waals surface area (Å²) in [6.45, 7) is 6.40. The van der Waals surface area contributed by atoms with Gasteiger partial charge in [-0.05, 0) is 43.2 Å². The third-order valence-corrected chi connectivity index (χ3v) is 6.12. The lowest BCUT2D eigenvalue weighted by atomic mass is 9.89. The number of rotatable bonds is 4. The number of fused-ring (bicyclic) bond motifs is 4. The number of aromatic nitrogens is 3. The van der Waals surface area contributed by atoms with Crippen molar-refractivity contribution >= 4 is 11.7 Å². The van der Waals surface area contributed by atoms with Crippen LogP contribution in [0, 0.1) is 5.41 Å². The van der Waals surface area contributed by atoms with Crippen LogP contribution in [0.5, 0.6) is 0 Å². The summed E-state index contributed by atoms with van der Waals surface area (Å²) in [5.74, 6) is 1.96. The van der Waals surface area contributed by atoms with E-state index in [4.69, 9.17) is 9.97 Å². The van der Waals surface area contributed by atoms with E-state index in [-0.39, 0.29) is 23.4 Å². The number of pyridine rings is 1. The molecule has 6 nitrogen and oxygen atoms in total. The van der Waals surface area contributed by atoms with Gasteiger partial charge in [-0.25, -0.2) is 9.97 Å². The molecule has 0 aromatic carbocycles. The number of carbonyl (C=O) groups excluding carboxylic acids is 1. The minimum atomic E-state index is -0.00635. The van der Waals surface area contributed by atoms with Crippen LogP contribution in [-0.2, 0) is 11.2 Å². The number of carbonyl (C=O) groups is 1. The highest BCUT2D eigenvalue weighted by Crippen LogP contribution is 2.47. The van der Waals surface area contributed by atoms with Crippen LogP contribution in [0.1, 0.15) is 70.2 Å². The van der Waals surface area contributed by atoms with E-state index in [1.165, 1.54) is 12.8 Å². The maximum Gasteiger partial charge on any atom is 0.223 e. The van der Waals surface area contributed by atoms with Gasteiger partial charge in [0.25, 0.3) is 0 Å². The first-order valence-electron chi connectivity index (χ1n) is 10.8. The summed E-state index contributed by atoms with van der Waals surface area (Å²) < 4.78 is 0. The van der Waals surface area contributed by atoms with Crippen LogP contribution < -0.4 is 5.32 Å². The van der Waals surface area contributed by atoms with Crippen molar-refractivity contribution in [3.8, 4) is 11.4 Å². The van der Waals surface area contributed by atoms with E-state index in [0.29, 0.717) is 12.5 Å². The van der Waals surface area contributed by atoms with Crippen molar-refractivity contribution in [2.45, 2.75) is 77.4 Å². The average Bonchev–Trinajstić information content (AvgIpc) is 3.42. The predicted octanol–water partition coefficient (Wildman–Crippen LogP) is 4.14. The van der Waals surface area contributed by atoms with E-state index in [0.717, 1.165) is 47.7 Å². The number of anilines is 1. The molecule has 1 amide bonds. The summed E-state index contributed by atoms with van der Waals surface area (Å²) in [6, 6.07) is 4.78. The van der Waals surface area contributed by atoms with Crippen LogP contribution in [-0.4, -0.2) is 37.8 Å². The SMILES string of the molecule is CC(C)(C)CC(=O)N1[C@H]2CC[C@@H]1c1c(nc(-c3ccncc3)nc1NC1CC1)C2. The molecule has 1 saturated heterocycles. The maximum absolute atomic E-state index is 13.2. The normalized spacial score (nSPS) is 23.1. The molecule has 2 aromatic heterocycles. The first-order chi connectivity index (χ1) is 13.9. The fourth-order valence-corrected chi connectivity index (χ4v) is 4.70. The van der Waals surface area contributed by atoms with Crippen molar-refractivity contribution in [3.63, 3.8) is 0 Å². The zero-order valence-electron chi connectivity index (χ0n) is 17.5. The summed E-state index contributed by atoms with van der Waals surface area (Å²) in [5, 5.41) is 3.64. The molecule has 1 aliphatic carbocycles. The summed E-state index contributed by atoms with van der Waals surface area (Å²) in [4.78, 5) is 29.3. The molecule has 0 spiro atoms. The van der Waals surface area contributed by atoms with Gasteiger partial charge in [0, 0.05) is 48.4 Å². The van der Waals surface area contributed by atoms with Crippen molar-refractivity contribution in [2.24, 2.45) is 5.41 Å². The Labute approximate surface area is 172 Å². The van der Waals surface area contributed by atoms with Crippen LogP contribution in [0.25, 0.3) is 11.4 Å². The highest BCUT2D eigenvalue weighted by molar-refractivity contribution is 5.79. The third kappa shape index (κ3) is 3.61. The molecule has 2 fully saturated rings. The fraction of sp³-hybridized carbons (Fsp3) is 0.565. The molecule has 1 saturated carbocycles. The zero-order chi connectivity index (χ0) is 20.2. The van der Waals surface area contributed by atoms with Gasteiger partial charge in [0.2, 0.25) is 5.91 Å². The third-order valence-electron chi connectivity index (χ3n) is 6.12. The number of amides is 1. The van der Waals surface area contributed by atoms with Crippen LogP contribution >= 0.6 is 0 Å². The summed E-state index contributed by atoms with van der Waals surface area (Å²) in [6.07, 6.45) is 9.38. The molecule has 0 radical (unpaired) electrons. The van der Waals surface area contributed by atoms with Gasteiger partial charge in [0.05, 0.1) is 11.7 Å². The van der Waals surface area contributed by atoms with Crippen molar-refractivity contribution < 1.29 is 4.79 Å². The van der Waals surface area contributed by atoms with E-state index in [1.54, 1.807) is 12.4 Å². The fourth-order valence-electron chi connectivity index (χ4n) is 4.70. The van der Waals surface area contributed by atoms with Crippen molar-refractivity contribution in [2.75, 3.05) is 5.32 Å². The molecule has 2 aromatic rings. The quantitative estimate of drug-likeness (QED) is 0.848. The van der Waals surface area contributed by atoms with Crippen LogP contribution in [0.15, 0.2) is 24.5 Å². The summed E-state index contributed by atoms with van der Waals surface area (Å²) >= 11 is 0. The first-order valence-corrected chi connectivity index (χ1v) is 10.8. The largest absolute Gasteiger partial charge is 0.367 e. The second-order valence-corrected chi connectivity index (χ2v) is 9.90. The minimum absolute atomic E-state index is 0.00635. The molecule has 5 rings (SSSR count). The zero-order valence-corrected chi connectivity index (χ0v) is 17.5. The molecule has 0 unspecified atom stereocenters. The molecule has 2 bridgehead atoms. The molecule has 6 heteroatoms. The van der Waals surface area contributed by atoms with E-state index >= 15 is 0 Å². The Morgan fingerprint density at radius 1 is 1.14 bits per heavy atom. The van der Waals surface area contributed by atoms with Gasteiger partial charge in [0.15, 0.2) is 5.82 Å². The smallest absolute Gasteiger partial charge is 0.223 e. The molecular weight excluding hydrogens is 362 g/mol. The number of nitrogens with zero attached hydrogens (tertiary/aromatic N) is 4. The number of hydrogen-bond donors (Lipinski definition) is 1. The second-order valence-electron chi connectivity index (χ2n) is 9.90. The average molecular weight is 392 g/mol. The standard InChI is InChI=1S/C23H29N5O/c1-23(2,3)13-19(29)28-16-6-7-18(28)20-17(12-16)26-21(14-8-10-24-11-9-14)27-22(20)25-15-4-5-15/h8-11,15-16,18H,4-7,12-13H2,1-3H3,(H,25,26,27)/t16-,18+/m0/s1. The summed E-state index contributed by atoms with van der Waals surface area (Å²) in [5.41, 5.74) is 3.25. The molecular formula is C23H29N5O. The summed E-state index contributed by atoms with van der Waals surface area (Å²) in [7, 11) is 0. The molecule has 2 atom stereocenters. The van der Waals surface area contributed by atoms with Crippen LogP contribution in [0.3, 0.4) is 0 Å². The Balaban J connectivity index is 1.55. The predicted molar refractivity (Wildman–Crippen MR) is 112 cm³/mol. The van der Waals surface area contributed by atoms with E-state index in [2.05, 4.69) is 36.0 Å². The van der Waals surface area contributed by atoms with E-state index < -0.39 is 0 Å². The molecule has 152 valence electrons. The first kappa shape index (κ1) is 18.5. The van der Waals surface area contributed by atoms with E-state index in [1.807, 2.05) is 12.1 Å². The molecule has 3 aliphatic rings. The Kier molecular flexibility index (Phi) is 4.33. The lowest BCUT2D eigenvalue weighted by Gasteiger charge is -2.38. The molecule has 4 heterocycles. The Morgan fingerprint density at radius 3 is 2.59 bits per heavy atom. The van der Waals surface area contributed by atoms with Gasteiger partial charge in [-0.2, -0.15) is 0 Å². The van der Waals surface area contributed by atoms with Gasteiger partial charge < -0.3 is 10.2 Å². The Morgan fingerprint density at radius 2 is 1.90 bits per heavy atom. The van der Waals surface area contributed by atoms with E-state index in [9.17, 15) is 4.79 Å². The van der Waals surface area contributed by atoms with Crippen molar-refractivity contribution in [1.82, 2.24) is 19.9 Å². The monoisotopic (exact) mass is 391 g/mol. The highest BCUT2D eigenvalue weighted by Gasteiger charge is 2.45. The molecule has 1 N–H and O–H groups in total. The molecule has 2 aliphatic heterocycles. The second kappa shape index (κ2) is 6.78. The topological polar surface area (TPSA) is 71.0 Å². The minimum Gasteiger partial charge on any atom is -0.367 e. The number of hydrogen-bond acceptors (Lipinski definition) is 5. The number of nitrogens with one attached hydrogen (secondary N) is 1. The Hall–Kier alpha value is -2.50. The lowest BCUT2D eigenvalue weighted by molar-refractivity contribution is -0.136. The van der Waals surface area contributed by atoms with Gasteiger partial charge in [0.1, 0.15) is 5.82 Å². The highest BCUT2D eigenvalue weighted by atomic mass is 16.2. The lowest BCUT2D eigenvalue weighted by Crippen LogP contribution is -2.43. The van der Waals surface area contributed by atoms with Crippen molar-refractivity contribution in [3.05, 3.63) is 35.8 Å². The Bertz CT molecular complexity index is 932. The van der Waals surface area contributed by atoms with Gasteiger partial charge in [-0.1, -0.05) is 20.8 Å².